The molecule has 0 unspecified atom stereocenters. The lowest BCUT2D eigenvalue weighted by atomic mass is 10.2. The van der Waals surface area contributed by atoms with Crippen molar-refractivity contribution in [3.63, 3.8) is 0 Å². The first kappa shape index (κ1) is 21.6. The highest BCUT2D eigenvalue weighted by Crippen LogP contribution is 2.17. The van der Waals surface area contributed by atoms with E-state index < -0.39 is 0 Å². The molecule has 3 rings (SSSR count). The number of H-pyrrole nitrogens is 1. The molecule has 1 saturated heterocycles. The lowest BCUT2D eigenvalue weighted by molar-refractivity contribution is 0.120. The molecule has 1 fully saturated rings. The summed E-state index contributed by atoms with van der Waals surface area (Å²) < 4.78 is 1.69. The smallest absolute Gasteiger partial charge is 0.327 e. The minimum Gasteiger partial charge on any atom is -0.382 e. The van der Waals surface area contributed by atoms with E-state index in [4.69, 9.17) is 5.73 Å². The number of nitrogens with zero attached hydrogens (tertiary/aromatic N) is 5. The molecular formula is C20H36N8O. The maximum Gasteiger partial charge on any atom is 0.327 e. The van der Waals surface area contributed by atoms with Gasteiger partial charge < -0.3 is 25.8 Å². The fourth-order valence-electron chi connectivity index (χ4n) is 3.88. The Kier molecular flexibility index (Phi) is 7.49. The Balaban J connectivity index is 1.58. The van der Waals surface area contributed by atoms with Gasteiger partial charge in [-0.15, -0.1) is 0 Å². The predicted molar refractivity (Wildman–Crippen MR) is 118 cm³/mol. The van der Waals surface area contributed by atoms with Crippen LogP contribution in [0.3, 0.4) is 0 Å². The van der Waals surface area contributed by atoms with Crippen LogP contribution in [0.5, 0.6) is 0 Å². The number of fused-ring (bicyclic) bond motifs is 1. The van der Waals surface area contributed by atoms with Crippen LogP contribution in [0.1, 0.15) is 40.0 Å². The molecule has 0 amide bonds. The summed E-state index contributed by atoms with van der Waals surface area (Å²) in [5.74, 6) is 1.51. The summed E-state index contributed by atoms with van der Waals surface area (Å²) in [5.41, 5.74) is 6.99. The van der Waals surface area contributed by atoms with Gasteiger partial charge >= 0.3 is 5.69 Å². The van der Waals surface area contributed by atoms with Crippen molar-refractivity contribution in [3.05, 3.63) is 10.5 Å². The second-order valence-corrected chi connectivity index (χ2v) is 8.38. The summed E-state index contributed by atoms with van der Waals surface area (Å²) in [7, 11) is 0. The molecule has 0 spiro atoms. The first-order valence-corrected chi connectivity index (χ1v) is 10.9. The molecule has 0 aliphatic carbocycles. The van der Waals surface area contributed by atoms with Gasteiger partial charge in [0.25, 0.3) is 0 Å². The highest BCUT2D eigenvalue weighted by Gasteiger charge is 2.18. The first-order valence-electron chi connectivity index (χ1n) is 10.9. The van der Waals surface area contributed by atoms with Crippen molar-refractivity contribution in [1.29, 1.82) is 0 Å². The monoisotopic (exact) mass is 404 g/mol. The van der Waals surface area contributed by atoms with Gasteiger partial charge in [0.2, 0.25) is 5.95 Å². The molecule has 3 heterocycles. The van der Waals surface area contributed by atoms with E-state index in [0.717, 1.165) is 58.5 Å². The lowest BCUT2D eigenvalue weighted by Crippen LogP contribution is -2.47. The van der Waals surface area contributed by atoms with Crippen LogP contribution < -0.4 is 16.7 Å². The molecule has 0 bridgehead atoms. The minimum absolute atomic E-state index is 0.173. The highest BCUT2D eigenvalue weighted by molar-refractivity contribution is 5.82. The molecule has 0 saturated carbocycles. The Morgan fingerprint density at radius 1 is 1.10 bits per heavy atom. The third kappa shape index (κ3) is 5.70. The largest absolute Gasteiger partial charge is 0.382 e. The van der Waals surface area contributed by atoms with Gasteiger partial charge in [-0.1, -0.05) is 27.2 Å². The molecule has 9 heteroatoms. The molecule has 2 aromatic rings. The lowest BCUT2D eigenvalue weighted by Gasteiger charge is -2.35. The van der Waals surface area contributed by atoms with E-state index in [2.05, 4.69) is 50.8 Å². The van der Waals surface area contributed by atoms with E-state index in [1.165, 1.54) is 6.54 Å². The summed E-state index contributed by atoms with van der Waals surface area (Å²) in [6.07, 6.45) is 3.02. The van der Waals surface area contributed by atoms with E-state index in [-0.39, 0.29) is 5.69 Å². The van der Waals surface area contributed by atoms with Gasteiger partial charge in [-0.2, -0.15) is 9.97 Å². The van der Waals surface area contributed by atoms with Crippen LogP contribution in [0.25, 0.3) is 11.2 Å². The number of aromatic nitrogens is 4. The van der Waals surface area contributed by atoms with Gasteiger partial charge in [-0.3, -0.25) is 4.57 Å². The summed E-state index contributed by atoms with van der Waals surface area (Å²) in [5, 5.41) is 3.20. The number of imidazole rings is 1. The van der Waals surface area contributed by atoms with Crippen molar-refractivity contribution in [2.45, 2.75) is 46.6 Å². The Labute approximate surface area is 172 Å². The number of rotatable bonds is 10. The van der Waals surface area contributed by atoms with Gasteiger partial charge in [-0.05, 0) is 25.3 Å². The summed E-state index contributed by atoms with van der Waals surface area (Å²) >= 11 is 0. The molecule has 1 aliphatic heterocycles. The molecule has 4 N–H and O–H groups in total. The standard InChI is InChI=1S/C20H36N8O/c1-4-5-7-22-19-24-17(21)16-18(25-19)28(20(29)23-16)9-6-8-26-10-12-27(13-11-26)14-15(2)3/h15H,4-14H2,1-3H3,(H,23,29)(H3,21,22,24,25). The Morgan fingerprint density at radius 3 is 2.52 bits per heavy atom. The summed E-state index contributed by atoms with van der Waals surface area (Å²) in [6.45, 7) is 14.7. The number of hydrogen-bond donors (Lipinski definition) is 3. The highest BCUT2D eigenvalue weighted by atomic mass is 16.1. The predicted octanol–water partition coefficient (Wildman–Crippen LogP) is 1.58. The van der Waals surface area contributed by atoms with E-state index >= 15 is 0 Å². The quantitative estimate of drug-likeness (QED) is 0.516. The molecule has 1 aliphatic rings. The van der Waals surface area contributed by atoms with Gasteiger partial charge in [0.15, 0.2) is 11.5 Å². The maximum atomic E-state index is 12.4. The Hall–Kier alpha value is -2.13. The van der Waals surface area contributed by atoms with Gasteiger partial charge in [0.1, 0.15) is 5.52 Å². The average Bonchev–Trinajstić information content (AvgIpc) is 2.99. The minimum atomic E-state index is -0.173. The van der Waals surface area contributed by atoms with E-state index in [1.54, 1.807) is 4.57 Å². The van der Waals surface area contributed by atoms with Crippen LogP contribution in [-0.2, 0) is 6.54 Å². The van der Waals surface area contributed by atoms with Crippen LogP contribution in [0.15, 0.2) is 4.79 Å². The van der Waals surface area contributed by atoms with Gasteiger partial charge in [-0.25, -0.2) is 4.79 Å². The molecule has 2 aromatic heterocycles. The average molecular weight is 405 g/mol. The molecule has 0 radical (unpaired) electrons. The van der Waals surface area contributed by atoms with Crippen molar-refractivity contribution in [1.82, 2.24) is 29.3 Å². The van der Waals surface area contributed by atoms with Crippen molar-refractivity contribution in [2.24, 2.45) is 5.92 Å². The fourth-order valence-corrected chi connectivity index (χ4v) is 3.88. The molecule has 29 heavy (non-hydrogen) atoms. The van der Waals surface area contributed by atoms with E-state index in [9.17, 15) is 4.79 Å². The van der Waals surface area contributed by atoms with E-state index in [1.807, 2.05) is 0 Å². The van der Waals surface area contributed by atoms with Crippen LogP contribution in [0, 0.1) is 5.92 Å². The number of nitrogens with two attached hydrogens (primary N) is 1. The van der Waals surface area contributed by atoms with Crippen molar-refractivity contribution < 1.29 is 0 Å². The van der Waals surface area contributed by atoms with Crippen LogP contribution >= 0.6 is 0 Å². The van der Waals surface area contributed by atoms with Crippen LogP contribution in [0.4, 0.5) is 11.8 Å². The van der Waals surface area contributed by atoms with E-state index in [0.29, 0.717) is 35.4 Å². The first-order chi connectivity index (χ1) is 14.0. The third-order valence-electron chi connectivity index (χ3n) is 5.41. The number of aromatic amines is 1. The zero-order chi connectivity index (χ0) is 20.8. The van der Waals surface area contributed by atoms with Crippen molar-refractivity contribution >= 4 is 22.9 Å². The van der Waals surface area contributed by atoms with Crippen LogP contribution in [0.2, 0.25) is 0 Å². The van der Waals surface area contributed by atoms with Crippen LogP contribution in [-0.4, -0.2) is 75.1 Å². The number of nitrogens with one attached hydrogen (secondary N) is 2. The second kappa shape index (κ2) is 10.1. The van der Waals surface area contributed by atoms with Crippen molar-refractivity contribution in [3.8, 4) is 0 Å². The number of piperazine rings is 1. The molecule has 0 atom stereocenters. The molecule has 0 aromatic carbocycles. The zero-order valence-electron chi connectivity index (χ0n) is 18.1. The maximum absolute atomic E-state index is 12.4. The number of unbranched alkanes of at least 4 members (excludes halogenated alkanes) is 1. The topological polar surface area (TPSA) is 108 Å². The number of nitrogen functional groups attached to an aromatic ring is 1. The zero-order valence-corrected chi connectivity index (χ0v) is 18.1. The fraction of sp³-hybridized carbons (Fsp3) is 0.750. The number of aryl methyl sites for hydroxylation is 1. The van der Waals surface area contributed by atoms with Gasteiger partial charge in [0.05, 0.1) is 0 Å². The normalized spacial score (nSPS) is 16.1. The number of hydrogen-bond acceptors (Lipinski definition) is 7. The Morgan fingerprint density at radius 2 is 1.83 bits per heavy atom. The van der Waals surface area contributed by atoms with Crippen molar-refractivity contribution in [2.75, 3.05) is 56.9 Å². The number of anilines is 2. The second-order valence-electron chi connectivity index (χ2n) is 8.38. The summed E-state index contributed by atoms with van der Waals surface area (Å²) in [6, 6.07) is 0. The molecule has 162 valence electrons. The molecular weight excluding hydrogens is 368 g/mol. The molecule has 9 nitrogen and oxygen atoms in total. The Bertz CT molecular complexity index is 835. The SMILES string of the molecule is CCCCNc1nc(N)c2[nH]c(=O)n(CCCN3CCN(CC(C)C)CC3)c2n1. The third-order valence-corrected chi connectivity index (χ3v) is 5.41. The summed E-state index contributed by atoms with van der Waals surface area (Å²) in [4.78, 5) is 29.1. The van der Waals surface area contributed by atoms with Gasteiger partial charge in [0, 0.05) is 45.8 Å².